The first-order valence-corrected chi connectivity index (χ1v) is 6.65. The van der Waals surface area contributed by atoms with Gasteiger partial charge in [-0.1, -0.05) is 11.6 Å². The molecular weight excluding hydrogens is 321 g/mol. The number of nitrogens with two attached hydrogens (primary N) is 1. The monoisotopic (exact) mass is 334 g/mol. The van der Waals surface area contributed by atoms with E-state index in [0.717, 1.165) is 13.8 Å². The minimum absolute atomic E-state index is 0.0604. The molecule has 120 valence electrons. The van der Waals surface area contributed by atoms with Crippen LogP contribution < -0.4 is 10.5 Å². The largest absolute Gasteiger partial charge is 0.476 e. The van der Waals surface area contributed by atoms with Crippen LogP contribution in [0.15, 0.2) is 24.4 Å². The van der Waals surface area contributed by atoms with Crippen molar-refractivity contribution in [3.63, 3.8) is 0 Å². The SMILES string of the molecule is CC(C)(COc1ccn(-c2ccc(N)nc2Cl)n1)C(F)(F)F. The highest BCUT2D eigenvalue weighted by molar-refractivity contribution is 6.31. The van der Waals surface area contributed by atoms with Crippen molar-refractivity contribution >= 4 is 17.4 Å². The molecule has 0 amide bonds. The highest BCUT2D eigenvalue weighted by Gasteiger charge is 2.48. The van der Waals surface area contributed by atoms with Gasteiger partial charge in [0, 0.05) is 12.3 Å². The quantitative estimate of drug-likeness (QED) is 0.869. The van der Waals surface area contributed by atoms with E-state index < -0.39 is 18.2 Å². The lowest BCUT2D eigenvalue weighted by Gasteiger charge is -2.26. The molecule has 22 heavy (non-hydrogen) atoms. The third-order valence-electron chi connectivity index (χ3n) is 3.01. The van der Waals surface area contributed by atoms with Crippen LogP contribution >= 0.6 is 11.6 Å². The highest BCUT2D eigenvalue weighted by atomic mass is 35.5. The third-order valence-corrected chi connectivity index (χ3v) is 3.29. The number of hydrogen-bond donors (Lipinski definition) is 1. The van der Waals surface area contributed by atoms with Gasteiger partial charge < -0.3 is 10.5 Å². The minimum Gasteiger partial charge on any atom is -0.476 e. The fourth-order valence-corrected chi connectivity index (χ4v) is 1.71. The Balaban J connectivity index is 2.12. The van der Waals surface area contributed by atoms with Crippen LogP contribution in [0.1, 0.15) is 13.8 Å². The number of rotatable bonds is 4. The molecule has 0 saturated heterocycles. The number of hydrogen-bond acceptors (Lipinski definition) is 4. The summed E-state index contributed by atoms with van der Waals surface area (Å²) in [5.74, 6) is 0.314. The first-order valence-electron chi connectivity index (χ1n) is 6.28. The second kappa shape index (κ2) is 5.68. The van der Waals surface area contributed by atoms with Crippen LogP contribution in [0.2, 0.25) is 5.15 Å². The summed E-state index contributed by atoms with van der Waals surface area (Å²) in [7, 11) is 0. The smallest absolute Gasteiger partial charge is 0.397 e. The zero-order valence-corrected chi connectivity index (χ0v) is 12.6. The van der Waals surface area contributed by atoms with E-state index in [-0.39, 0.29) is 16.9 Å². The predicted octanol–water partition coefficient (Wildman–Crippen LogP) is 3.47. The number of pyridine rings is 1. The molecule has 5 nitrogen and oxygen atoms in total. The summed E-state index contributed by atoms with van der Waals surface area (Å²) in [6.45, 7) is 1.58. The summed E-state index contributed by atoms with van der Waals surface area (Å²) in [6.07, 6.45) is -2.85. The summed E-state index contributed by atoms with van der Waals surface area (Å²) in [4.78, 5) is 3.87. The van der Waals surface area contributed by atoms with E-state index in [1.807, 2.05) is 0 Å². The summed E-state index contributed by atoms with van der Waals surface area (Å²) in [5, 5.41) is 4.15. The van der Waals surface area contributed by atoms with Gasteiger partial charge in [-0.25, -0.2) is 9.67 Å². The van der Waals surface area contributed by atoms with E-state index in [9.17, 15) is 13.2 Å². The maximum absolute atomic E-state index is 12.8. The van der Waals surface area contributed by atoms with Gasteiger partial charge in [-0.3, -0.25) is 0 Å². The molecule has 0 unspecified atom stereocenters. The van der Waals surface area contributed by atoms with Crippen molar-refractivity contribution in [1.82, 2.24) is 14.8 Å². The van der Waals surface area contributed by atoms with Crippen LogP contribution in [0.3, 0.4) is 0 Å². The summed E-state index contributed by atoms with van der Waals surface area (Å²) in [5.41, 5.74) is 3.96. The second-order valence-corrected chi connectivity index (χ2v) is 5.67. The van der Waals surface area contributed by atoms with E-state index in [0.29, 0.717) is 5.69 Å². The fraction of sp³-hybridized carbons (Fsp3) is 0.385. The average molecular weight is 335 g/mol. The first-order chi connectivity index (χ1) is 10.1. The number of ether oxygens (including phenoxy) is 1. The van der Waals surface area contributed by atoms with E-state index in [1.54, 1.807) is 6.07 Å². The molecule has 2 rings (SSSR count). The summed E-state index contributed by atoms with van der Waals surface area (Å²) >= 11 is 5.94. The molecule has 2 aromatic heterocycles. The fourth-order valence-electron chi connectivity index (χ4n) is 1.47. The Morgan fingerprint density at radius 2 is 1.95 bits per heavy atom. The zero-order chi connectivity index (χ0) is 16.5. The molecular formula is C13H14ClF3N4O. The van der Waals surface area contributed by atoms with Crippen LogP contribution in [0.25, 0.3) is 5.69 Å². The highest BCUT2D eigenvalue weighted by Crippen LogP contribution is 2.37. The lowest BCUT2D eigenvalue weighted by Crippen LogP contribution is -2.37. The van der Waals surface area contributed by atoms with Crippen molar-refractivity contribution in [2.75, 3.05) is 12.3 Å². The van der Waals surface area contributed by atoms with Crippen molar-refractivity contribution in [2.45, 2.75) is 20.0 Å². The Bertz CT molecular complexity index is 670. The second-order valence-electron chi connectivity index (χ2n) is 5.31. The molecule has 0 aliphatic rings. The molecule has 9 heteroatoms. The number of alkyl halides is 3. The van der Waals surface area contributed by atoms with Crippen molar-refractivity contribution in [3.8, 4) is 11.6 Å². The maximum Gasteiger partial charge on any atom is 0.397 e. The van der Waals surface area contributed by atoms with E-state index in [4.69, 9.17) is 22.1 Å². The van der Waals surface area contributed by atoms with Gasteiger partial charge in [-0.15, -0.1) is 5.10 Å². The topological polar surface area (TPSA) is 66.0 Å². The molecule has 0 radical (unpaired) electrons. The molecule has 2 N–H and O–H groups in total. The zero-order valence-electron chi connectivity index (χ0n) is 11.9. The van der Waals surface area contributed by atoms with Crippen LogP contribution in [-0.4, -0.2) is 27.5 Å². The van der Waals surface area contributed by atoms with Gasteiger partial charge >= 0.3 is 6.18 Å². The Labute approximate surface area is 129 Å². The van der Waals surface area contributed by atoms with Crippen LogP contribution in [0.4, 0.5) is 19.0 Å². The van der Waals surface area contributed by atoms with E-state index in [1.165, 1.54) is 23.0 Å². The van der Waals surface area contributed by atoms with Gasteiger partial charge in [-0.05, 0) is 26.0 Å². The molecule has 2 heterocycles. The number of halogens is 4. The van der Waals surface area contributed by atoms with Crippen molar-refractivity contribution in [1.29, 1.82) is 0 Å². The molecule has 0 aliphatic carbocycles. The van der Waals surface area contributed by atoms with Crippen molar-refractivity contribution < 1.29 is 17.9 Å². The lowest BCUT2D eigenvalue weighted by atomic mass is 9.94. The van der Waals surface area contributed by atoms with Gasteiger partial charge in [0.15, 0.2) is 5.15 Å². The number of anilines is 1. The standard InChI is InChI=1S/C13H14ClF3N4O/c1-12(2,13(15,16)17)7-22-10-5-6-21(20-10)8-3-4-9(18)19-11(8)14/h3-6H,7H2,1-2H3,(H2,18,19). The van der Waals surface area contributed by atoms with Gasteiger partial charge in [0.2, 0.25) is 5.88 Å². The Hall–Kier alpha value is -1.96. The van der Waals surface area contributed by atoms with Crippen LogP contribution in [-0.2, 0) is 0 Å². The van der Waals surface area contributed by atoms with Crippen molar-refractivity contribution in [2.24, 2.45) is 5.41 Å². The van der Waals surface area contributed by atoms with E-state index in [2.05, 4.69) is 10.1 Å². The number of nitrogen functional groups attached to an aromatic ring is 1. The predicted molar refractivity (Wildman–Crippen MR) is 76.1 cm³/mol. The Morgan fingerprint density at radius 1 is 1.27 bits per heavy atom. The minimum atomic E-state index is -4.36. The van der Waals surface area contributed by atoms with Gasteiger partial charge in [0.25, 0.3) is 0 Å². The summed E-state index contributed by atoms with van der Waals surface area (Å²) in [6, 6.07) is 4.58. The molecule has 0 saturated carbocycles. The normalized spacial score (nSPS) is 12.5. The molecule has 0 spiro atoms. The molecule has 0 atom stereocenters. The molecule has 0 aromatic carbocycles. The number of nitrogens with zero attached hydrogens (tertiary/aromatic N) is 3. The van der Waals surface area contributed by atoms with E-state index >= 15 is 0 Å². The number of aromatic nitrogens is 3. The van der Waals surface area contributed by atoms with Crippen LogP contribution in [0.5, 0.6) is 5.88 Å². The van der Waals surface area contributed by atoms with Crippen molar-refractivity contribution in [3.05, 3.63) is 29.5 Å². The van der Waals surface area contributed by atoms with Gasteiger partial charge in [0.05, 0.1) is 5.41 Å². The molecule has 0 bridgehead atoms. The Kier molecular flexibility index (Phi) is 4.23. The average Bonchev–Trinajstić information content (AvgIpc) is 2.83. The summed E-state index contributed by atoms with van der Waals surface area (Å²) < 4.78 is 44.7. The van der Waals surface area contributed by atoms with Gasteiger partial charge in [-0.2, -0.15) is 13.2 Å². The lowest BCUT2D eigenvalue weighted by molar-refractivity contribution is -0.219. The Morgan fingerprint density at radius 3 is 2.55 bits per heavy atom. The molecule has 2 aromatic rings. The third kappa shape index (κ3) is 3.44. The molecule has 0 aliphatic heterocycles. The molecule has 0 fully saturated rings. The maximum atomic E-state index is 12.8. The van der Waals surface area contributed by atoms with Gasteiger partial charge in [0.1, 0.15) is 18.1 Å². The van der Waals surface area contributed by atoms with Crippen LogP contribution in [0, 0.1) is 5.41 Å². The first kappa shape index (κ1) is 16.4.